The average molecular weight is 333 g/mol. The van der Waals surface area contributed by atoms with Crippen molar-refractivity contribution in [3.8, 4) is 0 Å². The third-order valence-corrected chi connectivity index (χ3v) is 5.28. The van der Waals surface area contributed by atoms with Crippen molar-refractivity contribution < 1.29 is 9.53 Å². The van der Waals surface area contributed by atoms with E-state index in [0.29, 0.717) is 6.61 Å². The number of thiazole rings is 1. The molecule has 124 valence electrons. The van der Waals surface area contributed by atoms with Crippen LogP contribution in [0.4, 0.5) is 4.79 Å². The maximum atomic E-state index is 12.6. The number of hydrogen-bond acceptors (Lipinski definition) is 4. The standard InChI is InChI=1S/C17H23N3O2S/c1-12(11-22-2)18-17(21)20-10-6-5-8-14(20)16-19-13-7-3-4-9-15(13)23-16/h3-4,7,9,12,14H,5-6,8,10-11H2,1-2H3,(H,18,21)/t12-,14+/m0/s1. The van der Waals surface area contributed by atoms with Crippen molar-refractivity contribution in [2.24, 2.45) is 0 Å². The van der Waals surface area contributed by atoms with Crippen molar-refractivity contribution in [2.75, 3.05) is 20.3 Å². The highest BCUT2D eigenvalue weighted by molar-refractivity contribution is 7.18. The number of carbonyl (C=O) groups is 1. The van der Waals surface area contributed by atoms with Gasteiger partial charge in [0.15, 0.2) is 0 Å². The molecular formula is C17H23N3O2S. The first-order valence-electron chi connectivity index (χ1n) is 8.10. The van der Waals surface area contributed by atoms with E-state index in [9.17, 15) is 4.79 Å². The molecule has 1 aliphatic heterocycles. The predicted molar refractivity (Wildman–Crippen MR) is 92.8 cm³/mol. The summed E-state index contributed by atoms with van der Waals surface area (Å²) in [6, 6.07) is 8.22. The normalized spacial score (nSPS) is 19.7. The molecule has 5 nitrogen and oxygen atoms in total. The molecule has 2 heterocycles. The van der Waals surface area contributed by atoms with E-state index in [1.165, 1.54) is 4.70 Å². The zero-order valence-corrected chi connectivity index (χ0v) is 14.4. The van der Waals surface area contributed by atoms with Gasteiger partial charge in [-0.15, -0.1) is 11.3 Å². The summed E-state index contributed by atoms with van der Waals surface area (Å²) in [6.45, 7) is 3.26. The Labute approximate surface area is 140 Å². The number of urea groups is 1. The number of carbonyl (C=O) groups excluding carboxylic acids is 1. The summed E-state index contributed by atoms with van der Waals surface area (Å²) in [4.78, 5) is 19.3. The van der Waals surface area contributed by atoms with Crippen molar-refractivity contribution in [1.82, 2.24) is 15.2 Å². The molecule has 0 saturated carbocycles. The Bertz CT molecular complexity index is 640. The van der Waals surface area contributed by atoms with E-state index in [1.807, 2.05) is 30.0 Å². The molecule has 23 heavy (non-hydrogen) atoms. The second kappa shape index (κ2) is 7.27. The fourth-order valence-corrected chi connectivity index (χ4v) is 4.16. The minimum atomic E-state index is -0.0153. The van der Waals surface area contributed by atoms with E-state index < -0.39 is 0 Å². The zero-order chi connectivity index (χ0) is 16.2. The van der Waals surface area contributed by atoms with Gasteiger partial charge < -0.3 is 15.0 Å². The lowest BCUT2D eigenvalue weighted by molar-refractivity contribution is 0.135. The Morgan fingerprint density at radius 2 is 2.30 bits per heavy atom. The van der Waals surface area contributed by atoms with E-state index >= 15 is 0 Å². The molecule has 1 aromatic carbocycles. The van der Waals surface area contributed by atoms with Crippen LogP contribution in [0.3, 0.4) is 0 Å². The maximum Gasteiger partial charge on any atom is 0.318 e. The number of likely N-dealkylation sites (tertiary alicyclic amines) is 1. The number of ether oxygens (including phenoxy) is 1. The van der Waals surface area contributed by atoms with Crippen molar-refractivity contribution in [2.45, 2.75) is 38.3 Å². The molecule has 1 aromatic heterocycles. The molecule has 2 amide bonds. The molecule has 0 bridgehead atoms. The Morgan fingerprint density at radius 3 is 3.09 bits per heavy atom. The molecule has 1 fully saturated rings. The number of fused-ring (bicyclic) bond motifs is 1. The summed E-state index contributed by atoms with van der Waals surface area (Å²) in [7, 11) is 1.65. The molecule has 2 atom stereocenters. The lowest BCUT2D eigenvalue weighted by Gasteiger charge is -2.35. The first-order valence-corrected chi connectivity index (χ1v) is 8.92. The number of para-hydroxylation sites is 1. The van der Waals surface area contributed by atoms with Crippen molar-refractivity contribution in [3.63, 3.8) is 0 Å². The Morgan fingerprint density at radius 1 is 1.48 bits per heavy atom. The average Bonchev–Trinajstić information content (AvgIpc) is 2.99. The van der Waals surface area contributed by atoms with Crippen LogP contribution in [0.2, 0.25) is 0 Å². The highest BCUT2D eigenvalue weighted by atomic mass is 32.1. The van der Waals surface area contributed by atoms with Gasteiger partial charge in [-0.05, 0) is 38.3 Å². The molecule has 0 aliphatic carbocycles. The number of hydrogen-bond donors (Lipinski definition) is 1. The third kappa shape index (κ3) is 3.64. The van der Waals surface area contributed by atoms with Gasteiger partial charge in [-0.3, -0.25) is 0 Å². The monoisotopic (exact) mass is 333 g/mol. The lowest BCUT2D eigenvalue weighted by atomic mass is 10.0. The highest BCUT2D eigenvalue weighted by Crippen LogP contribution is 2.35. The number of amides is 2. The van der Waals surface area contributed by atoms with E-state index in [-0.39, 0.29) is 18.1 Å². The number of piperidine rings is 1. The molecule has 0 radical (unpaired) electrons. The molecule has 0 unspecified atom stereocenters. The second-order valence-electron chi connectivity index (χ2n) is 6.03. The molecule has 1 N–H and O–H groups in total. The SMILES string of the molecule is COC[C@H](C)NC(=O)N1CCCC[C@@H]1c1nc2ccccc2s1. The van der Waals surface area contributed by atoms with Gasteiger partial charge in [0, 0.05) is 13.7 Å². The lowest BCUT2D eigenvalue weighted by Crippen LogP contribution is -2.48. The summed E-state index contributed by atoms with van der Waals surface area (Å²) < 4.78 is 6.28. The largest absolute Gasteiger partial charge is 0.383 e. The minimum absolute atomic E-state index is 0.00504. The number of methoxy groups -OCH3 is 1. The van der Waals surface area contributed by atoms with Gasteiger partial charge in [-0.1, -0.05) is 12.1 Å². The van der Waals surface area contributed by atoms with Crippen LogP contribution >= 0.6 is 11.3 Å². The van der Waals surface area contributed by atoms with Crippen LogP contribution in [-0.4, -0.2) is 42.2 Å². The van der Waals surface area contributed by atoms with Gasteiger partial charge >= 0.3 is 6.03 Å². The topological polar surface area (TPSA) is 54.5 Å². The van der Waals surface area contributed by atoms with E-state index in [0.717, 1.165) is 36.3 Å². The van der Waals surface area contributed by atoms with Crippen LogP contribution in [0.25, 0.3) is 10.2 Å². The van der Waals surface area contributed by atoms with Crippen molar-refractivity contribution in [1.29, 1.82) is 0 Å². The first kappa shape index (κ1) is 16.2. The molecule has 2 aromatic rings. The zero-order valence-electron chi connectivity index (χ0n) is 13.6. The van der Waals surface area contributed by atoms with E-state index in [1.54, 1.807) is 18.4 Å². The number of benzene rings is 1. The molecule has 6 heteroatoms. The van der Waals surface area contributed by atoms with Crippen LogP contribution in [-0.2, 0) is 4.74 Å². The van der Waals surface area contributed by atoms with Crippen LogP contribution in [0.5, 0.6) is 0 Å². The Kier molecular flexibility index (Phi) is 5.13. The number of nitrogens with one attached hydrogen (secondary N) is 1. The smallest absolute Gasteiger partial charge is 0.318 e. The van der Waals surface area contributed by atoms with Crippen molar-refractivity contribution in [3.05, 3.63) is 29.3 Å². The van der Waals surface area contributed by atoms with E-state index in [4.69, 9.17) is 9.72 Å². The van der Waals surface area contributed by atoms with Crippen LogP contribution < -0.4 is 5.32 Å². The molecular weight excluding hydrogens is 310 g/mol. The van der Waals surface area contributed by atoms with Gasteiger partial charge in [0.1, 0.15) is 5.01 Å². The molecule has 1 saturated heterocycles. The summed E-state index contributed by atoms with van der Waals surface area (Å²) in [5.74, 6) is 0. The molecule has 0 spiro atoms. The minimum Gasteiger partial charge on any atom is -0.383 e. The van der Waals surface area contributed by atoms with Crippen LogP contribution in [0, 0.1) is 0 Å². The fraction of sp³-hybridized carbons (Fsp3) is 0.529. The van der Waals surface area contributed by atoms with Gasteiger partial charge in [-0.25, -0.2) is 9.78 Å². The highest BCUT2D eigenvalue weighted by Gasteiger charge is 2.30. The van der Waals surface area contributed by atoms with Gasteiger partial charge in [0.05, 0.1) is 28.9 Å². The summed E-state index contributed by atoms with van der Waals surface area (Å²) >= 11 is 1.70. The first-order chi connectivity index (χ1) is 11.2. The molecule has 1 aliphatic rings. The molecule has 3 rings (SSSR count). The number of rotatable bonds is 4. The maximum absolute atomic E-state index is 12.6. The Balaban J connectivity index is 1.79. The fourth-order valence-electron chi connectivity index (χ4n) is 3.05. The summed E-state index contributed by atoms with van der Waals surface area (Å²) in [5, 5.41) is 4.06. The van der Waals surface area contributed by atoms with Gasteiger partial charge in [0.2, 0.25) is 0 Å². The van der Waals surface area contributed by atoms with Crippen LogP contribution in [0.1, 0.15) is 37.2 Å². The summed E-state index contributed by atoms with van der Waals surface area (Å²) in [6.07, 6.45) is 3.16. The summed E-state index contributed by atoms with van der Waals surface area (Å²) in [5.41, 5.74) is 1.02. The quantitative estimate of drug-likeness (QED) is 0.930. The third-order valence-electron chi connectivity index (χ3n) is 4.15. The van der Waals surface area contributed by atoms with Crippen molar-refractivity contribution >= 4 is 27.6 Å². The predicted octanol–water partition coefficient (Wildman–Crippen LogP) is 3.57. The number of nitrogens with zero attached hydrogens (tertiary/aromatic N) is 2. The van der Waals surface area contributed by atoms with Crippen LogP contribution in [0.15, 0.2) is 24.3 Å². The van der Waals surface area contributed by atoms with Gasteiger partial charge in [-0.2, -0.15) is 0 Å². The van der Waals surface area contributed by atoms with E-state index in [2.05, 4.69) is 11.4 Å². The van der Waals surface area contributed by atoms with Gasteiger partial charge in [0.25, 0.3) is 0 Å². The Hall–Kier alpha value is -1.66. The number of aromatic nitrogens is 1. The second-order valence-corrected chi connectivity index (χ2v) is 7.09.